The molecule has 1 aliphatic heterocycles. The number of nitrogen functional groups attached to an aromatic ring is 1. The molecule has 0 spiro atoms. The Balaban J connectivity index is 1.35. The minimum Gasteiger partial charge on any atom is -0.457 e. The van der Waals surface area contributed by atoms with Crippen LogP contribution in [0.15, 0.2) is 77.4 Å². The summed E-state index contributed by atoms with van der Waals surface area (Å²) < 4.78 is 14.0. The highest BCUT2D eigenvalue weighted by molar-refractivity contribution is 5.97. The number of carbonyl (C=O) groups is 1. The number of nitrogens with one attached hydrogen (secondary N) is 1. The van der Waals surface area contributed by atoms with E-state index < -0.39 is 17.1 Å². The topological polar surface area (TPSA) is 153 Å². The van der Waals surface area contributed by atoms with Crippen LogP contribution in [0.3, 0.4) is 0 Å². The second-order valence-corrected chi connectivity index (χ2v) is 10.5. The van der Waals surface area contributed by atoms with Crippen molar-refractivity contribution < 1.29 is 14.3 Å². The van der Waals surface area contributed by atoms with Crippen LogP contribution in [0, 0.1) is 11.3 Å². The van der Waals surface area contributed by atoms with E-state index in [-0.39, 0.29) is 30.5 Å². The number of hydrogen-bond acceptors (Lipinski definition) is 9. The molecule has 0 aliphatic carbocycles. The number of rotatable bonds is 10. The van der Waals surface area contributed by atoms with E-state index in [2.05, 4.69) is 20.2 Å². The number of nitrogens with two attached hydrogens (primary N) is 1. The third-order valence-electron chi connectivity index (χ3n) is 7.37. The van der Waals surface area contributed by atoms with Gasteiger partial charge in [-0.1, -0.05) is 18.2 Å². The Morgan fingerprint density at radius 2 is 1.88 bits per heavy atom. The summed E-state index contributed by atoms with van der Waals surface area (Å²) in [5.41, 5.74) is 6.47. The Labute approximate surface area is 242 Å². The lowest BCUT2D eigenvalue weighted by Gasteiger charge is -2.43. The Morgan fingerprint density at radius 1 is 1.19 bits per heavy atom. The Kier molecular flexibility index (Phi) is 8.06. The number of carbonyl (C=O) groups excluding carboxylic acids is 1. The first kappa shape index (κ1) is 28.5. The summed E-state index contributed by atoms with van der Waals surface area (Å²) in [6, 6.07) is 18.6. The predicted molar refractivity (Wildman–Crippen MR) is 157 cm³/mol. The molecule has 2 aromatic carbocycles. The average Bonchev–Trinajstić information content (AvgIpc) is 3.24. The molecule has 5 rings (SSSR count). The molecule has 0 saturated carbocycles. The van der Waals surface area contributed by atoms with E-state index in [1.165, 1.54) is 15.5 Å². The van der Waals surface area contributed by atoms with Crippen molar-refractivity contribution in [3.05, 3.63) is 83.1 Å². The highest BCUT2D eigenvalue weighted by atomic mass is 16.5. The van der Waals surface area contributed by atoms with Gasteiger partial charge in [-0.25, -0.2) is 14.8 Å². The maximum Gasteiger partial charge on any atom is 0.335 e. The second-order valence-electron chi connectivity index (χ2n) is 10.5. The molecule has 42 heavy (non-hydrogen) atoms. The number of fused-ring (bicyclic) bond motifs is 1. The average molecular weight is 569 g/mol. The quantitative estimate of drug-likeness (QED) is 0.217. The fraction of sp³-hybridized carbons (Fsp3) is 0.300. The molecule has 1 aliphatic rings. The van der Waals surface area contributed by atoms with Crippen LogP contribution < -0.4 is 21.5 Å². The second kappa shape index (κ2) is 11.9. The smallest absolute Gasteiger partial charge is 0.335 e. The summed E-state index contributed by atoms with van der Waals surface area (Å²) in [7, 11) is 1.94. The molecule has 0 unspecified atom stereocenters. The van der Waals surface area contributed by atoms with Crippen molar-refractivity contribution in [3.8, 4) is 23.3 Å². The van der Waals surface area contributed by atoms with Crippen LogP contribution in [0.5, 0.6) is 11.5 Å². The molecule has 3 heterocycles. The first-order chi connectivity index (χ1) is 20.2. The van der Waals surface area contributed by atoms with Crippen LogP contribution in [0.25, 0.3) is 16.9 Å². The van der Waals surface area contributed by atoms with Gasteiger partial charge in [-0.2, -0.15) is 5.26 Å². The lowest BCUT2D eigenvalue weighted by atomic mass is 9.96. The molecule has 1 amide bonds. The van der Waals surface area contributed by atoms with Gasteiger partial charge in [0, 0.05) is 18.6 Å². The third kappa shape index (κ3) is 5.74. The first-order valence-electron chi connectivity index (χ1n) is 13.5. The summed E-state index contributed by atoms with van der Waals surface area (Å²) in [4.78, 5) is 37.0. The molecule has 2 aromatic heterocycles. The van der Waals surface area contributed by atoms with E-state index in [1.54, 1.807) is 30.3 Å². The van der Waals surface area contributed by atoms with E-state index in [4.69, 9.17) is 15.2 Å². The monoisotopic (exact) mass is 568 g/mol. The minimum atomic E-state index is -0.544. The van der Waals surface area contributed by atoms with Gasteiger partial charge in [0.1, 0.15) is 35.0 Å². The van der Waals surface area contributed by atoms with Crippen molar-refractivity contribution in [1.29, 1.82) is 5.26 Å². The molecule has 4 aromatic rings. The van der Waals surface area contributed by atoms with Gasteiger partial charge in [0.25, 0.3) is 5.91 Å². The Morgan fingerprint density at radius 3 is 2.52 bits per heavy atom. The predicted octanol–water partition coefficient (Wildman–Crippen LogP) is 2.63. The number of anilines is 1. The number of hydrogen-bond donors (Lipinski definition) is 2. The molecule has 12 nitrogen and oxygen atoms in total. The highest BCUT2D eigenvalue weighted by Gasteiger charge is 2.33. The van der Waals surface area contributed by atoms with Crippen molar-refractivity contribution >= 4 is 22.9 Å². The Hall–Kier alpha value is -4.99. The molecule has 1 fully saturated rings. The summed E-state index contributed by atoms with van der Waals surface area (Å²) in [6.07, 6.45) is 2.94. The molecule has 12 heteroatoms. The fourth-order valence-corrected chi connectivity index (χ4v) is 4.73. The van der Waals surface area contributed by atoms with Gasteiger partial charge in [-0.3, -0.25) is 18.8 Å². The number of para-hydroxylation sites is 1. The van der Waals surface area contributed by atoms with Crippen molar-refractivity contribution in [2.24, 2.45) is 0 Å². The van der Waals surface area contributed by atoms with Gasteiger partial charge in [0.2, 0.25) is 0 Å². The molecule has 3 N–H and O–H groups in total. The van der Waals surface area contributed by atoms with E-state index in [1.807, 2.05) is 57.3 Å². The molecule has 1 saturated heterocycles. The van der Waals surface area contributed by atoms with Gasteiger partial charge in [0.05, 0.1) is 24.9 Å². The maximum atomic E-state index is 13.6. The van der Waals surface area contributed by atoms with Gasteiger partial charge in [-0.15, -0.1) is 0 Å². The van der Waals surface area contributed by atoms with E-state index in [0.717, 1.165) is 0 Å². The minimum absolute atomic E-state index is 0.00810. The lowest BCUT2D eigenvalue weighted by Crippen LogP contribution is -2.55. The van der Waals surface area contributed by atoms with Crippen molar-refractivity contribution in [3.63, 3.8) is 0 Å². The number of imidazole rings is 1. The normalized spacial score (nSPS) is 14.0. The fourth-order valence-electron chi connectivity index (χ4n) is 4.73. The molecule has 0 atom stereocenters. The standard InChI is InChI=1S/C30H32N8O4/c1-30(2,36(3)22-17-41-18-22)15-20(16-31)28(39)33-13-14-37-27-25(26(32)34-19-35-27)38(29(37)40)21-9-11-24(12-10-21)42-23-7-5-4-6-8-23/h4-12,15,19,22H,13-14,17-18H2,1-3H3,(H,33,39)(H2,32,34,35). The van der Waals surface area contributed by atoms with Crippen LogP contribution in [0.2, 0.25) is 0 Å². The number of nitrogens with zero attached hydrogens (tertiary/aromatic N) is 6. The number of nitriles is 1. The number of aromatic nitrogens is 4. The van der Waals surface area contributed by atoms with Crippen LogP contribution in [0.4, 0.5) is 5.82 Å². The summed E-state index contributed by atoms with van der Waals surface area (Å²) in [5.74, 6) is 0.910. The molecule has 0 radical (unpaired) electrons. The van der Waals surface area contributed by atoms with E-state index in [0.29, 0.717) is 41.6 Å². The van der Waals surface area contributed by atoms with Gasteiger partial charge in [-0.05, 0) is 63.4 Å². The van der Waals surface area contributed by atoms with Crippen molar-refractivity contribution in [2.45, 2.75) is 32.0 Å². The number of ether oxygens (including phenoxy) is 2. The maximum absolute atomic E-state index is 13.6. The van der Waals surface area contributed by atoms with Crippen LogP contribution >= 0.6 is 0 Å². The largest absolute Gasteiger partial charge is 0.457 e. The van der Waals surface area contributed by atoms with Crippen molar-refractivity contribution in [2.75, 3.05) is 32.5 Å². The van der Waals surface area contributed by atoms with Crippen molar-refractivity contribution in [1.82, 2.24) is 29.3 Å². The van der Waals surface area contributed by atoms with Crippen LogP contribution in [-0.4, -0.2) is 68.3 Å². The molecule has 216 valence electrons. The lowest BCUT2D eigenvalue weighted by molar-refractivity contribution is -0.117. The first-order valence-corrected chi connectivity index (χ1v) is 13.5. The molecular formula is C30H32N8O4. The summed E-state index contributed by atoms with van der Waals surface area (Å²) in [6.45, 7) is 5.29. The van der Waals surface area contributed by atoms with Crippen LogP contribution in [0.1, 0.15) is 13.8 Å². The van der Waals surface area contributed by atoms with E-state index in [9.17, 15) is 14.9 Å². The summed E-state index contributed by atoms with van der Waals surface area (Å²) >= 11 is 0. The molecular weight excluding hydrogens is 536 g/mol. The molecule has 0 bridgehead atoms. The van der Waals surface area contributed by atoms with Gasteiger partial charge < -0.3 is 20.5 Å². The number of benzene rings is 2. The summed E-state index contributed by atoms with van der Waals surface area (Å²) in [5, 5.41) is 12.4. The number of likely N-dealkylation sites (N-methyl/N-ethyl adjacent to an activating group) is 1. The van der Waals surface area contributed by atoms with Gasteiger partial charge >= 0.3 is 5.69 Å². The Bertz CT molecular complexity index is 1710. The zero-order chi connectivity index (χ0) is 29.9. The number of amides is 1. The zero-order valence-electron chi connectivity index (χ0n) is 23.7. The van der Waals surface area contributed by atoms with E-state index >= 15 is 0 Å². The SMILES string of the molecule is CN(C1COC1)C(C)(C)C=C(C#N)C(=O)NCCn1c(=O)n(-c2ccc(Oc3ccccc3)cc2)c2c(N)ncnc21. The third-order valence-corrected chi connectivity index (χ3v) is 7.37. The van der Waals surface area contributed by atoms with Gasteiger partial charge in [0.15, 0.2) is 11.5 Å². The highest BCUT2D eigenvalue weighted by Crippen LogP contribution is 2.25. The van der Waals surface area contributed by atoms with Crippen LogP contribution in [-0.2, 0) is 16.1 Å². The zero-order valence-corrected chi connectivity index (χ0v) is 23.7.